The molecule has 0 fully saturated rings. The maximum atomic E-state index is 9.88. The Hall–Kier alpha value is -1.08. The second kappa shape index (κ2) is 5.55. The van der Waals surface area contributed by atoms with Gasteiger partial charge < -0.3 is 0 Å². The molecule has 1 nitrogen and oxygen atoms in total. The Balaban J connectivity index is 2.49. The lowest BCUT2D eigenvalue weighted by atomic mass is 10.2. The summed E-state index contributed by atoms with van der Waals surface area (Å²) < 4.78 is 0. The molecule has 0 saturated heterocycles. The number of rotatable bonds is 4. The SMILES string of the molecule is O=[C]CCC=Cc1ccc(Cl)cc1. The molecule has 0 amide bonds. The minimum Gasteiger partial charge on any atom is -0.291 e. The molecule has 0 aliphatic heterocycles. The summed E-state index contributed by atoms with van der Waals surface area (Å²) in [5.41, 5.74) is 1.09. The van der Waals surface area contributed by atoms with Gasteiger partial charge in [0.15, 0.2) is 6.29 Å². The van der Waals surface area contributed by atoms with Gasteiger partial charge in [0.2, 0.25) is 0 Å². The normalized spacial score (nSPS) is 10.5. The Bertz CT molecular complexity index is 287. The summed E-state index contributed by atoms with van der Waals surface area (Å²) >= 11 is 5.72. The van der Waals surface area contributed by atoms with Gasteiger partial charge in [-0.05, 0) is 24.1 Å². The molecule has 1 rings (SSSR count). The zero-order chi connectivity index (χ0) is 9.52. The third-order valence-electron chi connectivity index (χ3n) is 1.59. The van der Waals surface area contributed by atoms with Gasteiger partial charge in [0, 0.05) is 11.4 Å². The van der Waals surface area contributed by atoms with E-state index in [-0.39, 0.29) is 0 Å². The predicted octanol–water partition coefficient (Wildman–Crippen LogP) is 3.24. The maximum absolute atomic E-state index is 9.88. The van der Waals surface area contributed by atoms with Crippen molar-refractivity contribution in [3.63, 3.8) is 0 Å². The van der Waals surface area contributed by atoms with E-state index in [9.17, 15) is 4.79 Å². The lowest BCUT2D eigenvalue weighted by molar-refractivity contribution is 0.552. The number of hydrogen-bond donors (Lipinski definition) is 0. The second-order valence-electron chi connectivity index (χ2n) is 2.64. The number of unbranched alkanes of at least 4 members (excludes halogenated alkanes) is 1. The molecular weight excluding hydrogens is 184 g/mol. The zero-order valence-corrected chi connectivity index (χ0v) is 7.92. The Morgan fingerprint density at radius 3 is 2.62 bits per heavy atom. The monoisotopic (exact) mass is 193 g/mol. The highest BCUT2D eigenvalue weighted by Crippen LogP contribution is 2.10. The average Bonchev–Trinajstić information content (AvgIpc) is 2.15. The molecule has 13 heavy (non-hydrogen) atoms. The van der Waals surface area contributed by atoms with Gasteiger partial charge in [-0.25, -0.2) is 0 Å². The fourth-order valence-corrected chi connectivity index (χ4v) is 1.06. The molecule has 0 N–H and O–H groups in total. The van der Waals surface area contributed by atoms with E-state index >= 15 is 0 Å². The fourth-order valence-electron chi connectivity index (χ4n) is 0.936. The third kappa shape index (κ3) is 3.90. The first-order chi connectivity index (χ1) is 6.33. The van der Waals surface area contributed by atoms with Crippen molar-refractivity contribution in [1.82, 2.24) is 0 Å². The van der Waals surface area contributed by atoms with Crippen LogP contribution in [-0.4, -0.2) is 6.29 Å². The predicted molar refractivity (Wildman–Crippen MR) is 55.4 cm³/mol. The fraction of sp³-hybridized carbons (Fsp3) is 0.182. The zero-order valence-electron chi connectivity index (χ0n) is 7.16. The van der Waals surface area contributed by atoms with Crippen LogP contribution in [0.15, 0.2) is 30.3 Å². The minimum absolute atomic E-state index is 0.462. The van der Waals surface area contributed by atoms with Crippen molar-refractivity contribution in [3.8, 4) is 0 Å². The van der Waals surface area contributed by atoms with Crippen molar-refractivity contribution < 1.29 is 4.79 Å². The Morgan fingerprint density at radius 1 is 1.31 bits per heavy atom. The van der Waals surface area contributed by atoms with Crippen molar-refractivity contribution in [2.75, 3.05) is 0 Å². The van der Waals surface area contributed by atoms with Crippen LogP contribution in [0, 0.1) is 0 Å². The number of halogens is 1. The van der Waals surface area contributed by atoms with E-state index in [2.05, 4.69) is 0 Å². The topological polar surface area (TPSA) is 17.1 Å². The van der Waals surface area contributed by atoms with Crippen LogP contribution in [-0.2, 0) is 4.79 Å². The molecule has 67 valence electrons. The third-order valence-corrected chi connectivity index (χ3v) is 1.85. The van der Waals surface area contributed by atoms with Gasteiger partial charge in [-0.1, -0.05) is 35.9 Å². The summed E-state index contributed by atoms with van der Waals surface area (Å²) in [6, 6.07) is 7.55. The van der Waals surface area contributed by atoms with E-state index in [1.807, 2.05) is 42.7 Å². The van der Waals surface area contributed by atoms with Gasteiger partial charge in [0.1, 0.15) is 0 Å². The van der Waals surface area contributed by atoms with E-state index < -0.39 is 0 Å². The average molecular weight is 194 g/mol. The smallest absolute Gasteiger partial charge is 0.198 e. The molecule has 0 aliphatic carbocycles. The van der Waals surface area contributed by atoms with E-state index in [0.717, 1.165) is 17.0 Å². The van der Waals surface area contributed by atoms with E-state index in [1.165, 1.54) is 0 Å². The van der Waals surface area contributed by atoms with Crippen molar-refractivity contribution in [2.24, 2.45) is 0 Å². The van der Waals surface area contributed by atoms with Crippen molar-refractivity contribution in [1.29, 1.82) is 0 Å². The summed E-state index contributed by atoms with van der Waals surface area (Å²) in [4.78, 5) is 9.88. The first-order valence-electron chi connectivity index (χ1n) is 4.10. The Kier molecular flexibility index (Phi) is 4.27. The summed E-state index contributed by atoms with van der Waals surface area (Å²) in [7, 11) is 0. The highest BCUT2D eigenvalue weighted by atomic mass is 35.5. The Morgan fingerprint density at radius 2 is 2.00 bits per heavy atom. The van der Waals surface area contributed by atoms with Crippen LogP contribution in [0.25, 0.3) is 6.08 Å². The van der Waals surface area contributed by atoms with Gasteiger partial charge >= 0.3 is 0 Å². The highest BCUT2D eigenvalue weighted by Gasteiger charge is 1.86. The molecule has 0 heterocycles. The molecule has 0 spiro atoms. The van der Waals surface area contributed by atoms with Gasteiger partial charge in [0.05, 0.1) is 0 Å². The van der Waals surface area contributed by atoms with Gasteiger partial charge in [0.25, 0.3) is 0 Å². The van der Waals surface area contributed by atoms with E-state index in [1.54, 1.807) is 0 Å². The molecular formula is C11H10ClO. The number of hydrogen-bond acceptors (Lipinski definition) is 1. The molecule has 1 aromatic carbocycles. The number of benzene rings is 1. The summed E-state index contributed by atoms with van der Waals surface area (Å²) in [6.45, 7) is 0. The molecule has 0 aliphatic rings. The van der Waals surface area contributed by atoms with Crippen LogP contribution in [0.1, 0.15) is 18.4 Å². The molecule has 1 radical (unpaired) electrons. The molecule has 1 aromatic rings. The largest absolute Gasteiger partial charge is 0.291 e. The summed E-state index contributed by atoms with van der Waals surface area (Å²) in [5.74, 6) is 0. The lowest BCUT2D eigenvalue weighted by Crippen LogP contribution is -1.72. The van der Waals surface area contributed by atoms with Crippen LogP contribution >= 0.6 is 11.6 Å². The second-order valence-corrected chi connectivity index (χ2v) is 3.07. The van der Waals surface area contributed by atoms with Crippen molar-refractivity contribution in [2.45, 2.75) is 12.8 Å². The lowest BCUT2D eigenvalue weighted by Gasteiger charge is -1.92. The number of carbonyl (C=O) groups excluding carboxylic acids is 1. The van der Waals surface area contributed by atoms with E-state index in [4.69, 9.17) is 11.6 Å². The number of allylic oxidation sites excluding steroid dienone is 1. The van der Waals surface area contributed by atoms with Gasteiger partial charge in [-0.15, -0.1) is 0 Å². The molecule has 0 saturated carbocycles. The molecule has 0 aromatic heterocycles. The van der Waals surface area contributed by atoms with Crippen molar-refractivity contribution in [3.05, 3.63) is 40.9 Å². The van der Waals surface area contributed by atoms with Crippen LogP contribution < -0.4 is 0 Å². The van der Waals surface area contributed by atoms with E-state index in [0.29, 0.717) is 6.42 Å². The Labute approximate surface area is 83.0 Å². The summed E-state index contributed by atoms with van der Waals surface area (Å²) in [6.07, 6.45) is 6.96. The maximum Gasteiger partial charge on any atom is 0.198 e. The molecule has 0 unspecified atom stereocenters. The molecule has 0 bridgehead atoms. The first kappa shape index (κ1) is 10.0. The van der Waals surface area contributed by atoms with Crippen LogP contribution in [0.2, 0.25) is 5.02 Å². The van der Waals surface area contributed by atoms with Crippen molar-refractivity contribution >= 4 is 24.0 Å². The minimum atomic E-state index is 0.462. The standard InChI is InChI=1S/C11H10ClO/c12-11-7-5-10(6-8-11)4-2-1-3-9-13/h2,4-8H,1,3H2. The summed E-state index contributed by atoms with van der Waals surface area (Å²) in [5, 5.41) is 0.735. The van der Waals surface area contributed by atoms with Gasteiger partial charge in [-0.2, -0.15) is 0 Å². The van der Waals surface area contributed by atoms with Gasteiger partial charge in [-0.3, -0.25) is 4.79 Å². The first-order valence-corrected chi connectivity index (χ1v) is 4.48. The quantitative estimate of drug-likeness (QED) is 0.671. The molecule has 0 atom stereocenters. The van der Waals surface area contributed by atoms with Crippen LogP contribution in [0.4, 0.5) is 0 Å². The van der Waals surface area contributed by atoms with Crippen LogP contribution in [0.3, 0.4) is 0 Å². The van der Waals surface area contributed by atoms with Crippen LogP contribution in [0.5, 0.6) is 0 Å². The molecule has 2 heteroatoms. The highest BCUT2D eigenvalue weighted by molar-refractivity contribution is 6.30.